The summed E-state index contributed by atoms with van der Waals surface area (Å²) in [4.78, 5) is 28.2. The number of thiophene rings is 1. The van der Waals surface area contributed by atoms with Crippen molar-refractivity contribution >= 4 is 23.2 Å². The maximum absolute atomic E-state index is 12.3. The van der Waals surface area contributed by atoms with Crippen LogP contribution in [0, 0.1) is 13.8 Å². The summed E-state index contributed by atoms with van der Waals surface area (Å²) in [7, 11) is 0. The number of aryl methyl sites for hydroxylation is 2. The summed E-state index contributed by atoms with van der Waals surface area (Å²) in [6, 6.07) is 9.91. The van der Waals surface area contributed by atoms with Crippen molar-refractivity contribution in [3.8, 4) is 0 Å². The van der Waals surface area contributed by atoms with E-state index < -0.39 is 0 Å². The third-order valence-electron chi connectivity index (χ3n) is 4.74. The predicted octanol–water partition coefficient (Wildman–Crippen LogP) is 2.28. The number of carbonyl (C=O) groups excluding carboxylic acids is 2. The van der Waals surface area contributed by atoms with Gasteiger partial charge < -0.3 is 15.4 Å². The minimum Gasteiger partial charge on any atom is -0.379 e. The second-order valence-electron chi connectivity index (χ2n) is 7.04. The number of morpholine rings is 1. The van der Waals surface area contributed by atoms with Crippen molar-refractivity contribution in [3.63, 3.8) is 0 Å². The van der Waals surface area contributed by atoms with Crippen LogP contribution in [0.1, 0.15) is 32.4 Å². The van der Waals surface area contributed by atoms with Gasteiger partial charge in [0.1, 0.15) is 0 Å². The number of amides is 2. The summed E-state index contributed by atoms with van der Waals surface area (Å²) >= 11 is 1.69. The van der Waals surface area contributed by atoms with E-state index in [0.717, 1.165) is 24.2 Å². The quantitative estimate of drug-likeness (QED) is 0.747. The van der Waals surface area contributed by atoms with Crippen LogP contribution < -0.4 is 10.6 Å². The van der Waals surface area contributed by atoms with Crippen molar-refractivity contribution in [2.45, 2.75) is 19.9 Å². The van der Waals surface area contributed by atoms with Crippen LogP contribution in [-0.4, -0.2) is 56.1 Å². The molecule has 0 bridgehead atoms. The zero-order valence-electron chi connectivity index (χ0n) is 16.4. The molecule has 0 aliphatic carbocycles. The van der Waals surface area contributed by atoms with Crippen LogP contribution in [0.4, 0.5) is 0 Å². The average molecular weight is 402 g/mol. The summed E-state index contributed by atoms with van der Waals surface area (Å²) in [5, 5.41) is 7.73. The van der Waals surface area contributed by atoms with Gasteiger partial charge in [-0.3, -0.25) is 14.5 Å². The molecule has 1 aliphatic heterocycles. The first kappa shape index (κ1) is 20.5. The Morgan fingerprint density at radius 2 is 1.86 bits per heavy atom. The number of nitrogens with one attached hydrogen (secondary N) is 2. The molecule has 28 heavy (non-hydrogen) atoms. The van der Waals surface area contributed by atoms with Gasteiger partial charge in [-0.25, -0.2) is 0 Å². The van der Waals surface area contributed by atoms with E-state index >= 15 is 0 Å². The third-order valence-corrected chi connectivity index (χ3v) is 5.72. The number of hydrogen-bond acceptors (Lipinski definition) is 5. The second-order valence-corrected chi connectivity index (χ2v) is 8.02. The van der Waals surface area contributed by atoms with Crippen LogP contribution >= 0.6 is 11.3 Å². The largest absolute Gasteiger partial charge is 0.379 e. The van der Waals surface area contributed by atoms with Gasteiger partial charge in [-0.1, -0.05) is 23.3 Å². The van der Waals surface area contributed by atoms with Crippen molar-refractivity contribution in [3.05, 3.63) is 57.3 Å². The first-order valence-corrected chi connectivity index (χ1v) is 10.4. The highest BCUT2D eigenvalue weighted by atomic mass is 32.1. The molecule has 2 heterocycles. The molecule has 0 radical (unpaired) electrons. The molecule has 7 heteroatoms. The van der Waals surface area contributed by atoms with Crippen LogP contribution in [-0.2, 0) is 9.53 Å². The molecule has 1 aliphatic rings. The maximum Gasteiger partial charge on any atom is 0.251 e. The summed E-state index contributed by atoms with van der Waals surface area (Å²) in [5.41, 5.74) is 2.63. The number of nitrogens with zero attached hydrogens (tertiary/aromatic N) is 1. The van der Waals surface area contributed by atoms with Crippen molar-refractivity contribution in [1.29, 1.82) is 0 Å². The van der Waals surface area contributed by atoms with Crippen molar-refractivity contribution in [1.82, 2.24) is 15.5 Å². The van der Waals surface area contributed by atoms with Crippen LogP contribution in [0.3, 0.4) is 0 Å². The van der Waals surface area contributed by atoms with Gasteiger partial charge in [0, 0.05) is 30.1 Å². The second kappa shape index (κ2) is 9.82. The predicted molar refractivity (Wildman–Crippen MR) is 111 cm³/mol. The first-order valence-electron chi connectivity index (χ1n) is 9.51. The molecule has 150 valence electrons. The number of carbonyl (C=O) groups is 2. The molecule has 0 saturated carbocycles. The fraction of sp³-hybridized carbons (Fsp3) is 0.429. The minimum atomic E-state index is -0.232. The zero-order chi connectivity index (χ0) is 19.9. The molecule has 1 saturated heterocycles. The van der Waals surface area contributed by atoms with Gasteiger partial charge in [0.05, 0.1) is 25.8 Å². The van der Waals surface area contributed by atoms with E-state index in [1.807, 2.05) is 38.1 Å². The molecule has 2 amide bonds. The molecule has 2 N–H and O–H groups in total. The lowest BCUT2D eigenvalue weighted by atomic mass is 10.1. The van der Waals surface area contributed by atoms with Gasteiger partial charge in [0.25, 0.3) is 5.91 Å². The van der Waals surface area contributed by atoms with Gasteiger partial charge in [0.15, 0.2) is 0 Å². The summed E-state index contributed by atoms with van der Waals surface area (Å²) < 4.78 is 5.44. The van der Waals surface area contributed by atoms with Crippen molar-refractivity contribution in [2.24, 2.45) is 0 Å². The molecule has 1 atom stereocenters. The number of benzene rings is 1. The van der Waals surface area contributed by atoms with Gasteiger partial charge >= 0.3 is 0 Å². The lowest BCUT2D eigenvalue weighted by molar-refractivity contribution is -0.120. The van der Waals surface area contributed by atoms with E-state index in [0.29, 0.717) is 25.3 Å². The molecule has 1 aromatic heterocycles. The standard InChI is InChI=1S/C21H27N3O3S/c1-15-10-16(2)12-17(11-15)21(26)23-14-20(25)22-13-18(19-4-3-9-28-19)24-5-7-27-8-6-24/h3-4,9-12,18H,5-8,13-14H2,1-2H3,(H,22,25)(H,23,26). The van der Waals surface area contributed by atoms with Crippen molar-refractivity contribution in [2.75, 3.05) is 39.4 Å². The Morgan fingerprint density at radius 1 is 1.14 bits per heavy atom. The Kier molecular flexibility index (Phi) is 7.19. The molecule has 2 aromatic rings. The van der Waals surface area contributed by atoms with Gasteiger partial charge in [-0.15, -0.1) is 11.3 Å². The lowest BCUT2D eigenvalue weighted by Gasteiger charge is -2.34. The Balaban J connectivity index is 1.52. The molecule has 1 unspecified atom stereocenters. The van der Waals surface area contributed by atoms with Crippen LogP contribution in [0.15, 0.2) is 35.7 Å². The monoisotopic (exact) mass is 401 g/mol. The average Bonchev–Trinajstić information content (AvgIpc) is 3.21. The Labute approximate surface area is 169 Å². The molecular formula is C21H27N3O3S. The molecule has 1 fully saturated rings. The number of hydrogen-bond donors (Lipinski definition) is 2. The van der Waals surface area contributed by atoms with E-state index in [9.17, 15) is 9.59 Å². The first-order chi connectivity index (χ1) is 13.5. The highest BCUT2D eigenvalue weighted by Crippen LogP contribution is 2.25. The smallest absolute Gasteiger partial charge is 0.251 e. The highest BCUT2D eigenvalue weighted by Gasteiger charge is 2.24. The number of rotatable bonds is 7. The summed E-state index contributed by atoms with van der Waals surface area (Å²) in [6.07, 6.45) is 0. The topological polar surface area (TPSA) is 70.7 Å². The number of ether oxygens (including phenoxy) is 1. The summed E-state index contributed by atoms with van der Waals surface area (Å²) in [5.74, 6) is -0.419. The Morgan fingerprint density at radius 3 is 2.50 bits per heavy atom. The molecule has 3 rings (SSSR count). The summed E-state index contributed by atoms with van der Waals surface area (Å²) in [6.45, 7) is 7.50. The lowest BCUT2D eigenvalue weighted by Crippen LogP contribution is -2.45. The molecule has 1 aromatic carbocycles. The normalized spacial score (nSPS) is 15.8. The fourth-order valence-electron chi connectivity index (χ4n) is 3.42. The van der Waals surface area contributed by atoms with Crippen LogP contribution in [0.5, 0.6) is 0 Å². The fourth-order valence-corrected chi connectivity index (χ4v) is 4.28. The Bertz CT molecular complexity index is 781. The minimum absolute atomic E-state index is 0.0356. The Hall–Kier alpha value is -2.22. The van der Waals surface area contributed by atoms with Gasteiger partial charge in [-0.2, -0.15) is 0 Å². The van der Waals surface area contributed by atoms with Gasteiger partial charge in [0.2, 0.25) is 5.91 Å². The van der Waals surface area contributed by atoms with Crippen molar-refractivity contribution < 1.29 is 14.3 Å². The molecule has 6 nitrogen and oxygen atoms in total. The van der Waals surface area contributed by atoms with E-state index in [4.69, 9.17) is 4.74 Å². The highest BCUT2D eigenvalue weighted by molar-refractivity contribution is 7.10. The van der Waals surface area contributed by atoms with Crippen LogP contribution in [0.25, 0.3) is 0 Å². The maximum atomic E-state index is 12.3. The van der Waals surface area contributed by atoms with E-state index in [1.165, 1.54) is 4.88 Å². The van der Waals surface area contributed by atoms with E-state index in [-0.39, 0.29) is 24.4 Å². The zero-order valence-corrected chi connectivity index (χ0v) is 17.2. The van der Waals surface area contributed by atoms with E-state index in [2.05, 4.69) is 27.0 Å². The molecule has 0 spiro atoms. The third kappa shape index (κ3) is 5.64. The SMILES string of the molecule is Cc1cc(C)cc(C(=O)NCC(=O)NCC(c2cccs2)N2CCOCC2)c1. The van der Waals surface area contributed by atoms with E-state index in [1.54, 1.807) is 11.3 Å². The molecular weight excluding hydrogens is 374 g/mol. The van der Waals surface area contributed by atoms with Gasteiger partial charge in [-0.05, 0) is 37.4 Å². The van der Waals surface area contributed by atoms with Crippen LogP contribution in [0.2, 0.25) is 0 Å².